The summed E-state index contributed by atoms with van der Waals surface area (Å²) in [6.45, 7) is 0.438. The van der Waals surface area contributed by atoms with Gasteiger partial charge in [-0.05, 0) is 23.8 Å². The Morgan fingerprint density at radius 2 is 2.12 bits per heavy atom. The van der Waals surface area contributed by atoms with Gasteiger partial charge < -0.3 is 15.2 Å². The van der Waals surface area contributed by atoms with E-state index in [1.807, 2.05) is 24.3 Å². The van der Waals surface area contributed by atoms with Gasteiger partial charge in [0.05, 0.1) is 7.11 Å². The number of pyridine rings is 1. The maximum Gasteiger partial charge on any atom is 0.215 e. The fourth-order valence-corrected chi connectivity index (χ4v) is 1.42. The summed E-state index contributed by atoms with van der Waals surface area (Å²) in [5, 5.41) is 0. The van der Waals surface area contributed by atoms with Crippen molar-refractivity contribution in [3.63, 3.8) is 0 Å². The third kappa shape index (κ3) is 3.11. The molecule has 0 bridgehead atoms. The number of nitrogens with zero attached hydrogens (tertiary/aromatic N) is 1. The van der Waals surface area contributed by atoms with E-state index in [9.17, 15) is 0 Å². The summed E-state index contributed by atoms with van der Waals surface area (Å²) in [4.78, 5) is 4.06. The number of anilines is 1. The standard InChI is InChI=1S/C13H14N2O2/c1-16-12-4-2-3-10(7-12)9-17-13-8-11(14)5-6-15-13/h2-8H,9H2,1H3,(H2,14,15). The summed E-state index contributed by atoms with van der Waals surface area (Å²) in [5.41, 5.74) is 7.29. The van der Waals surface area contributed by atoms with Crippen LogP contribution < -0.4 is 15.2 Å². The average molecular weight is 230 g/mol. The van der Waals surface area contributed by atoms with Gasteiger partial charge in [0.15, 0.2) is 0 Å². The molecule has 17 heavy (non-hydrogen) atoms. The lowest BCUT2D eigenvalue weighted by molar-refractivity contribution is 0.293. The first-order valence-electron chi connectivity index (χ1n) is 5.25. The predicted molar refractivity (Wildman–Crippen MR) is 66.0 cm³/mol. The first-order valence-corrected chi connectivity index (χ1v) is 5.25. The lowest BCUT2D eigenvalue weighted by Gasteiger charge is -2.07. The Kier molecular flexibility index (Phi) is 3.45. The van der Waals surface area contributed by atoms with Gasteiger partial charge in [0, 0.05) is 18.0 Å². The fraction of sp³-hybridized carbons (Fsp3) is 0.154. The number of hydrogen-bond acceptors (Lipinski definition) is 4. The van der Waals surface area contributed by atoms with Crippen molar-refractivity contribution >= 4 is 5.69 Å². The second-order valence-corrected chi connectivity index (χ2v) is 3.57. The highest BCUT2D eigenvalue weighted by Gasteiger charge is 1.99. The lowest BCUT2D eigenvalue weighted by atomic mass is 10.2. The Bertz CT molecular complexity index is 500. The number of ether oxygens (including phenoxy) is 2. The molecule has 0 radical (unpaired) electrons. The van der Waals surface area contributed by atoms with Crippen LogP contribution in [-0.2, 0) is 6.61 Å². The molecule has 1 heterocycles. The van der Waals surface area contributed by atoms with E-state index in [0.29, 0.717) is 18.2 Å². The van der Waals surface area contributed by atoms with E-state index < -0.39 is 0 Å². The smallest absolute Gasteiger partial charge is 0.215 e. The number of methoxy groups -OCH3 is 1. The van der Waals surface area contributed by atoms with Crippen LogP contribution in [0.5, 0.6) is 11.6 Å². The third-order valence-electron chi connectivity index (χ3n) is 2.28. The van der Waals surface area contributed by atoms with E-state index in [0.717, 1.165) is 11.3 Å². The van der Waals surface area contributed by atoms with Crippen LogP contribution >= 0.6 is 0 Å². The summed E-state index contributed by atoms with van der Waals surface area (Å²) in [5.74, 6) is 1.33. The average Bonchev–Trinajstić information content (AvgIpc) is 2.37. The van der Waals surface area contributed by atoms with E-state index in [1.54, 1.807) is 25.4 Å². The van der Waals surface area contributed by atoms with Gasteiger partial charge in [0.25, 0.3) is 0 Å². The summed E-state index contributed by atoms with van der Waals surface area (Å²) in [6.07, 6.45) is 1.62. The largest absolute Gasteiger partial charge is 0.497 e. The molecule has 0 spiro atoms. The molecule has 0 unspecified atom stereocenters. The number of rotatable bonds is 4. The predicted octanol–water partition coefficient (Wildman–Crippen LogP) is 2.25. The second kappa shape index (κ2) is 5.21. The van der Waals surface area contributed by atoms with Gasteiger partial charge in [-0.2, -0.15) is 0 Å². The monoisotopic (exact) mass is 230 g/mol. The Morgan fingerprint density at radius 3 is 2.88 bits per heavy atom. The molecule has 4 nitrogen and oxygen atoms in total. The molecule has 0 aliphatic carbocycles. The minimum Gasteiger partial charge on any atom is -0.497 e. The van der Waals surface area contributed by atoms with E-state index in [1.165, 1.54) is 0 Å². The number of hydrogen-bond donors (Lipinski definition) is 1. The van der Waals surface area contributed by atoms with Crippen LogP contribution in [0.2, 0.25) is 0 Å². The highest BCUT2D eigenvalue weighted by molar-refractivity contribution is 5.39. The van der Waals surface area contributed by atoms with Gasteiger partial charge in [0.2, 0.25) is 5.88 Å². The molecule has 0 atom stereocenters. The number of aromatic nitrogens is 1. The van der Waals surface area contributed by atoms with Crippen LogP contribution in [0.1, 0.15) is 5.56 Å². The van der Waals surface area contributed by atoms with Crippen molar-refractivity contribution in [2.24, 2.45) is 0 Å². The maximum atomic E-state index is 5.63. The summed E-state index contributed by atoms with van der Waals surface area (Å²) < 4.78 is 10.7. The van der Waals surface area contributed by atoms with Gasteiger partial charge in [-0.1, -0.05) is 12.1 Å². The minimum absolute atomic E-state index is 0.438. The van der Waals surface area contributed by atoms with Crippen LogP contribution in [0, 0.1) is 0 Å². The molecule has 1 aromatic carbocycles. The van der Waals surface area contributed by atoms with Crippen LogP contribution in [0.3, 0.4) is 0 Å². The first-order chi connectivity index (χ1) is 8.28. The quantitative estimate of drug-likeness (QED) is 0.875. The van der Waals surface area contributed by atoms with Crippen LogP contribution in [0.25, 0.3) is 0 Å². The molecule has 88 valence electrons. The molecule has 2 aromatic rings. The number of nitrogens with two attached hydrogens (primary N) is 1. The zero-order valence-corrected chi connectivity index (χ0v) is 9.59. The van der Waals surface area contributed by atoms with Crippen molar-refractivity contribution < 1.29 is 9.47 Å². The zero-order valence-electron chi connectivity index (χ0n) is 9.59. The molecule has 1 aromatic heterocycles. The number of benzene rings is 1. The van der Waals surface area contributed by atoms with Crippen molar-refractivity contribution in [3.8, 4) is 11.6 Å². The molecule has 0 saturated carbocycles. The SMILES string of the molecule is COc1cccc(COc2cc(N)ccn2)c1. The molecule has 4 heteroatoms. The van der Waals surface area contributed by atoms with Crippen molar-refractivity contribution in [2.75, 3.05) is 12.8 Å². The fourth-order valence-electron chi connectivity index (χ4n) is 1.42. The Morgan fingerprint density at radius 1 is 1.24 bits per heavy atom. The maximum absolute atomic E-state index is 5.63. The highest BCUT2D eigenvalue weighted by atomic mass is 16.5. The van der Waals surface area contributed by atoms with E-state index in [4.69, 9.17) is 15.2 Å². The Hall–Kier alpha value is -2.23. The molecule has 0 saturated heterocycles. The Balaban J connectivity index is 2.02. The summed E-state index contributed by atoms with van der Waals surface area (Å²) in [7, 11) is 1.64. The van der Waals surface area contributed by atoms with Gasteiger partial charge in [-0.15, -0.1) is 0 Å². The Labute approximate surface area is 100 Å². The highest BCUT2D eigenvalue weighted by Crippen LogP contribution is 2.16. The van der Waals surface area contributed by atoms with Crippen molar-refractivity contribution in [3.05, 3.63) is 48.2 Å². The molecule has 0 fully saturated rings. The van der Waals surface area contributed by atoms with Crippen LogP contribution in [0.15, 0.2) is 42.6 Å². The van der Waals surface area contributed by atoms with Gasteiger partial charge in [-0.25, -0.2) is 4.98 Å². The van der Waals surface area contributed by atoms with Gasteiger partial charge in [0.1, 0.15) is 12.4 Å². The van der Waals surface area contributed by atoms with Crippen molar-refractivity contribution in [1.29, 1.82) is 0 Å². The summed E-state index contributed by atoms with van der Waals surface area (Å²) >= 11 is 0. The molecular weight excluding hydrogens is 216 g/mol. The molecule has 0 aliphatic rings. The zero-order chi connectivity index (χ0) is 12.1. The van der Waals surface area contributed by atoms with E-state index in [2.05, 4.69) is 4.98 Å². The summed E-state index contributed by atoms with van der Waals surface area (Å²) in [6, 6.07) is 11.1. The molecule has 0 aliphatic heterocycles. The van der Waals surface area contributed by atoms with Gasteiger partial charge in [-0.3, -0.25) is 0 Å². The van der Waals surface area contributed by atoms with Crippen LogP contribution in [-0.4, -0.2) is 12.1 Å². The van der Waals surface area contributed by atoms with Crippen LogP contribution in [0.4, 0.5) is 5.69 Å². The third-order valence-corrected chi connectivity index (χ3v) is 2.28. The number of nitrogen functional groups attached to an aromatic ring is 1. The topological polar surface area (TPSA) is 57.4 Å². The van der Waals surface area contributed by atoms with E-state index >= 15 is 0 Å². The van der Waals surface area contributed by atoms with Crippen molar-refractivity contribution in [2.45, 2.75) is 6.61 Å². The lowest BCUT2D eigenvalue weighted by Crippen LogP contribution is -1.98. The van der Waals surface area contributed by atoms with Crippen molar-refractivity contribution in [1.82, 2.24) is 4.98 Å². The minimum atomic E-state index is 0.438. The molecule has 0 amide bonds. The first kappa shape index (κ1) is 11.3. The molecule has 2 N–H and O–H groups in total. The second-order valence-electron chi connectivity index (χ2n) is 3.57. The van der Waals surface area contributed by atoms with Gasteiger partial charge >= 0.3 is 0 Å². The van der Waals surface area contributed by atoms with E-state index in [-0.39, 0.29) is 0 Å². The molecule has 2 rings (SSSR count). The molecular formula is C13H14N2O2. The normalized spacial score (nSPS) is 9.94.